The van der Waals surface area contributed by atoms with Crippen LogP contribution in [0.2, 0.25) is 13.1 Å². The zero-order valence-corrected chi connectivity index (χ0v) is 15.8. The Morgan fingerprint density at radius 2 is 1.81 bits per heavy atom. The Hall–Kier alpha value is -0.173. The first-order valence-corrected chi connectivity index (χ1v) is 11.7. The van der Waals surface area contributed by atoms with Gasteiger partial charge in [0, 0.05) is 13.2 Å². The molecule has 1 aliphatic rings. The maximum Gasteiger partial charge on any atom is 0.257 e. The van der Waals surface area contributed by atoms with Gasteiger partial charge in [-0.05, 0) is 32.6 Å². The van der Waals surface area contributed by atoms with Crippen LogP contribution in [0, 0.1) is 0 Å². The molecular formula is C15H29NO3SSi. The summed E-state index contributed by atoms with van der Waals surface area (Å²) in [4.78, 5) is 26.0. The van der Waals surface area contributed by atoms with Gasteiger partial charge in [0.15, 0.2) is 0 Å². The van der Waals surface area contributed by atoms with Crippen molar-refractivity contribution in [2.75, 3.05) is 26.2 Å². The molecular weight excluding hydrogens is 302 g/mol. The van der Waals surface area contributed by atoms with Crippen molar-refractivity contribution < 1.29 is 14.0 Å². The van der Waals surface area contributed by atoms with E-state index >= 15 is 0 Å². The van der Waals surface area contributed by atoms with Gasteiger partial charge < -0.3 is 9.33 Å². The summed E-state index contributed by atoms with van der Waals surface area (Å²) < 4.78 is 5.65. The highest BCUT2D eigenvalue weighted by atomic mass is 32.2. The van der Waals surface area contributed by atoms with Crippen LogP contribution in [0.15, 0.2) is 0 Å². The number of ketones is 1. The van der Waals surface area contributed by atoms with E-state index in [1.807, 2.05) is 0 Å². The Bertz CT molecular complexity index is 385. The van der Waals surface area contributed by atoms with Crippen molar-refractivity contribution in [2.24, 2.45) is 0 Å². The molecule has 1 unspecified atom stereocenters. The standard InChI is InChI=1S/C15H29NO3SSi/c1-6-9-10-15(13(17)14(18)20-15)21(4,5)19-12-11-16(7-2)8-3/h6-12H2,1-5H3. The maximum atomic E-state index is 12.2. The first-order chi connectivity index (χ1) is 9.84. The molecule has 1 aliphatic heterocycles. The summed E-state index contributed by atoms with van der Waals surface area (Å²) in [5, 5.41) is -0.279. The number of rotatable bonds is 10. The molecule has 0 N–H and O–H groups in total. The van der Waals surface area contributed by atoms with Crippen LogP contribution in [-0.4, -0.2) is 54.7 Å². The largest absolute Gasteiger partial charge is 0.414 e. The number of nitrogens with zero attached hydrogens (tertiary/aromatic N) is 1. The van der Waals surface area contributed by atoms with E-state index in [1.165, 1.54) is 11.8 Å². The van der Waals surface area contributed by atoms with Gasteiger partial charge in [-0.3, -0.25) is 9.59 Å². The molecule has 0 bridgehead atoms. The molecule has 0 amide bonds. The number of unbranched alkanes of at least 4 members (excludes halogenated alkanes) is 1. The molecule has 4 nitrogen and oxygen atoms in total. The molecule has 1 fully saturated rings. The predicted molar refractivity (Wildman–Crippen MR) is 91.1 cm³/mol. The van der Waals surface area contributed by atoms with Gasteiger partial charge in [-0.2, -0.15) is 0 Å². The molecule has 6 heteroatoms. The van der Waals surface area contributed by atoms with E-state index in [2.05, 4.69) is 38.8 Å². The van der Waals surface area contributed by atoms with Crippen LogP contribution in [0.4, 0.5) is 0 Å². The molecule has 0 aromatic rings. The second kappa shape index (κ2) is 7.90. The average molecular weight is 332 g/mol. The van der Waals surface area contributed by atoms with E-state index in [0.717, 1.165) is 38.9 Å². The van der Waals surface area contributed by atoms with Crippen molar-refractivity contribution in [3.05, 3.63) is 0 Å². The summed E-state index contributed by atoms with van der Waals surface area (Å²) in [7, 11) is -2.24. The van der Waals surface area contributed by atoms with Crippen molar-refractivity contribution in [3.63, 3.8) is 0 Å². The number of thioether (sulfide) groups is 1. The lowest BCUT2D eigenvalue weighted by Gasteiger charge is -2.47. The minimum Gasteiger partial charge on any atom is -0.414 e. The highest BCUT2D eigenvalue weighted by Crippen LogP contribution is 2.49. The lowest BCUT2D eigenvalue weighted by Crippen LogP contribution is -2.67. The van der Waals surface area contributed by atoms with Crippen molar-refractivity contribution in [1.82, 2.24) is 4.90 Å². The smallest absolute Gasteiger partial charge is 0.257 e. The van der Waals surface area contributed by atoms with Gasteiger partial charge in [-0.1, -0.05) is 45.4 Å². The van der Waals surface area contributed by atoms with Crippen LogP contribution in [0.25, 0.3) is 0 Å². The number of carbonyl (C=O) groups excluding carboxylic acids is 2. The Morgan fingerprint density at radius 1 is 1.19 bits per heavy atom. The lowest BCUT2D eigenvalue weighted by molar-refractivity contribution is -0.134. The van der Waals surface area contributed by atoms with Crippen LogP contribution in [0.3, 0.4) is 0 Å². The number of likely N-dealkylation sites (N-methyl/N-ethyl adjacent to an activating group) is 1. The Balaban J connectivity index is 2.68. The third-order valence-electron chi connectivity index (χ3n) is 4.44. The fourth-order valence-electron chi connectivity index (χ4n) is 2.74. The van der Waals surface area contributed by atoms with Gasteiger partial charge in [0.1, 0.15) is 4.37 Å². The van der Waals surface area contributed by atoms with Gasteiger partial charge in [-0.25, -0.2) is 0 Å². The number of hydrogen-bond acceptors (Lipinski definition) is 5. The first-order valence-electron chi connectivity index (χ1n) is 7.98. The molecule has 0 radical (unpaired) electrons. The Kier molecular flexibility index (Phi) is 7.10. The monoisotopic (exact) mass is 331 g/mol. The topological polar surface area (TPSA) is 46.6 Å². The number of hydrogen-bond donors (Lipinski definition) is 0. The summed E-state index contributed by atoms with van der Waals surface area (Å²) in [6.07, 6.45) is 2.79. The molecule has 21 heavy (non-hydrogen) atoms. The summed E-state index contributed by atoms with van der Waals surface area (Å²) >= 11 is 1.24. The van der Waals surface area contributed by atoms with Crippen LogP contribution in [0.5, 0.6) is 0 Å². The zero-order chi connectivity index (χ0) is 16.1. The molecule has 122 valence electrons. The average Bonchev–Trinajstić information content (AvgIpc) is 2.47. The van der Waals surface area contributed by atoms with Crippen LogP contribution >= 0.6 is 11.8 Å². The van der Waals surface area contributed by atoms with Gasteiger partial charge in [0.25, 0.3) is 5.12 Å². The maximum absolute atomic E-state index is 12.2. The second-order valence-electron chi connectivity index (χ2n) is 6.03. The van der Waals surface area contributed by atoms with Crippen molar-refractivity contribution in [2.45, 2.75) is 57.5 Å². The highest BCUT2D eigenvalue weighted by Gasteiger charge is 2.64. The first kappa shape index (κ1) is 18.9. The Morgan fingerprint density at radius 3 is 2.24 bits per heavy atom. The zero-order valence-electron chi connectivity index (χ0n) is 14.0. The second-order valence-corrected chi connectivity index (χ2v) is 11.8. The fraction of sp³-hybridized carbons (Fsp3) is 0.867. The summed E-state index contributed by atoms with van der Waals surface area (Å²) in [5.41, 5.74) is 0. The molecule has 1 rings (SSSR count). The van der Waals surface area contributed by atoms with Crippen molar-refractivity contribution in [1.29, 1.82) is 0 Å². The van der Waals surface area contributed by atoms with Crippen LogP contribution in [-0.2, 0) is 14.0 Å². The number of carbonyl (C=O) groups is 2. The molecule has 0 aliphatic carbocycles. The molecule has 0 aromatic carbocycles. The fourth-order valence-corrected chi connectivity index (χ4v) is 7.41. The molecule has 0 saturated carbocycles. The normalized spacial score (nSPS) is 22.8. The third-order valence-corrected chi connectivity index (χ3v) is 10.7. The summed E-state index contributed by atoms with van der Waals surface area (Å²) in [6.45, 7) is 14.1. The quantitative estimate of drug-likeness (QED) is 0.455. The summed E-state index contributed by atoms with van der Waals surface area (Å²) in [5.74, 6) is -0.194. The van der Waals surface area contributed by atoms with E-state index in [0.29, 0.717) is 6.61 Å². The molecule has 1 atom stereocenters. The molecule has 1 heterocycles. The minimum atomic E-state index is -2.24. The minimum absolute atomic E-state index is 0.194. The van der Waals surface area contributed by atoms with E-state index < -0.39 is 12.7 Å². The molecule has 0 spiro atoms. The predicted octanol–water partition coefficient (Wildman–Crippen LogP) is 2.86. The van der Waals surface area contributed by atoms with Gasteiger partial charge >= 0.3 is 0 Å². The van der Waals surface area contributed by atoms with Gasteiger partial charge in [-0.15, -0.1) is 0 Å². The van der Waals surface area contributed by atoms with E-state index in [4.69, 9.17) is 4.43 Å². The van der Waals surface area contributed by atoms with Gasteiger partial charge in [0.2, 0.25) is 14.1 Å². The van der Waals surface area contributed by atoms with E-state index in [9.17, 15) is 9.59 Å². The van der Waals surface area contributed by atoms with E-state index in [1.54, 1.807) is 0 Å². The SMILES string of the molecule is CCCCC1([Si](C)(C)OCCN(CC)CC)SC(=O)C1=O. The molecule has 0 aromatic heterocycles. The highest BCUT2D eigenvalue weighted by molar-refractivity contribution is 8.22. The van der Waals surface area contributed by atoms with E-state index in [-0.39, 0.29) is 10.9 Å². The third kappa shape index (κ3) is 3.97. The number of Topliss-reactive ketones (excluding diaryl/α,β-unsaturated/α-hetero) is 1. The Labute approximate surface area is 134 Å². The summed E-state index contributed by atoms with van der Waals surface area (Å²) in [6, 6.07) is 0. The van der Waals surface area contributed by atoms with Crippen molar-refractivity contribution in [3.8, 4) is 0 Å². The van der Waals surface area contributed by atoms with Crippen molar-refractivity contribution >= 4 is 31.0 Å². The van der Waals surface area contributed by atoms with Gasteiger partial charge in [0.05, 0.1) is 0 Å². The van der Waals surface area contributed by atoms with Crippen LogP contribution in [0.1, 0.15) is 40.0 Å². The van der Waals surface area contributed by atoms with Crippen LogP contribution < -0.4 is 0 Å². The molecule has 1 saturated heterocycles. The lowest BCUT2D eigenvalue weighted by atomic mass is 10.1.